The zero-order chi connectivity index (χ0) is 23.8. The van der Waals surface area contributed by atoms with Crippen molar-refractivity contribution in [1.82, 2.24) is 5.32 Å². The summed E-state index contributed by atoms with van der Waals surface area (Å²) in [5.41, 5.74) is 3.07. The number of benzene rings is 1. The molecule has 0 radical (unpaired) electrons. The number of aryl methyl sites for hydroxylation is 1. The minimum absolute atomic E-state index is 0.0282. The third-order valence-electron chi connectivity index (χ3n) is 8.94. The van der Waals surface area contributed by atoms with Crippen LogP contribution >= 0.6 is 50.5 Å². The number of anilines is 1. The van der Waals surface area contributed by atoms with Gasteiger partial charge < -0.3 is 5.32 Å². The number of carbonyl (C=O) groups is 1. The van der Waals surface area contributed by atoms with Crippen LogP contribution in [-0.4, -0.2) is 18.2 Å². The number of rotatable bonds is 4. The summed E-state index contributed by atoms with van der Waals surface area (Å²) in [6.07, 6.45) is 5.68. The molecular weight excluding hydrogens is 553 g/mol. The van der Waals surface area contributed by atoms with E-state index in [0.717, 1.165) is 40.7 Å². The van der Waals surface area contributed by atoms with Crippen LogP contribution in [0.1, 0.15) is 56.0 Å². The number of halogens is 3. The highest BCUT2D eigenvalue weighted by molar-refractivity contribution is 9.11. The summed E-state index contributed by atoms with van der Waals surface area (Å²) in [6.45, 7) is 5.54. The van der Waals surface area contributed by atoms with Gasteiger partial charge in [0.05, 0.1) is 20.5 Å². The van der Waals surface area contributed by atoms with Crippen LogP contribution in [-0.2, 0) is 11.2 Å². The van der Waals surface area contributed by atoms with E-state index in [9.17, 15) is 4.79 Å². The molecule has 3 saturated carbocycles. The van der Waals surface area contributed by atoms with Crippen molar-refractivity contribution in [2.75, 3.05) is 11.6 Å². The van der Waals surface area contributed by atoms with Gasteiger partial charge in [-0.3, -0.25) is 9.80 Å². The van der Waals surface area contributed by atoms with Gasteiger partial charge in [-0.2, -0.15) is 5.10 Å². The zero-order valence-corrected chi connectivity index (χ0v) is 23.2. The number of hydrogen-bond acceptors (Lipinski definition) is 4. The van der Waals surface area contributed by atoms with Crippen LogP contribution in [0.5, 0.6) is 0 Å². The van der Waals surface area contributed by atoms with Gasteiger partial charge in [-0.1, -0.05) is 37.0 Å². The second kappa shape index (κ2) is 8.50. The molecule has 0 saturated heterocycles. The molecular formula is C26H28BrCl2N3OS. The fourth-order valence-electron chi connectivity index (χ4n) is 6.96. The molecule has 1 N–H and O–H groups in total. The lowest BCUT2D eigenvalue weighted by molar-refractivity contribution is -0.119. The lowest BCUT2D eigenvalue weighted by atomic mass is 9.45. The number of amides is 1. The molecule has 2 aromatic rings. The molecule has 8 heteroatoms. The van der Waals surface area contributed by atoms with Gasteiger partial charge in [-0.05, 0) is 101 Å². The molecule has 180 valence electrons. The van der Waals surface area contributed by atoms with Gasteiger partial charge in [-0.25, -0.2) is 0 Å². The maximum Gasteiger partial charge on any atom is 0.267 e. The third-order valence-corrected chi connectivity index (χ3v) is 11.2. The normalized spacial score (nSPS) is 30.8. The Balaban J connectivity index is 1.28. The smallest absolute Gasteiger partial charge is 0.267 e. The SMILES string of the molecule is CC1(C)C2CCC(CNC(=O)C3=NN(c4ccc(Cl)cc4Cl)C4c5cc(Br)sc5CCC34)C1C2. The molecule has 5 atom stereocenters. The highest BCUT2D eigenvalue weighted by Gasteiger charge is 2.54. The highest BCUT2D eigenvalue weighted by atomic mass is 79.9. The van der Waals surface area contributed by atoms with E-state index in [1.54, 1.807) is 17.4 Å². The quantitative estimate of drug-likeness (QED) is 0.407. The summed E-state index contributed by atoms with van der Waals surface area (Å²) >= 11 is 18.2. The molecule has 1 aliphatic heterocycles. The van der Waals surface area contributed by atoms with Crippen molar-refractivity contribution < 1.29 is 4.79 Å². The maximum atomic E-state index is 13.5. The molecule has 4 nitrogen and oxygen atoms in total. The Labute approximate surface area is 223 Å². The van der Waals surface area contributed by atoms with Crippen LogP contribution in [0, 0.1) is 29.1 Å². The van der Waals surface area contributed by atoms with Crippen LogP contribution in [0.25, 0.3) is 0 Å². The number of hydrazone groups is 1. The molecule has 0 spiro atoms. The largest absolute Gasteiger partial charge is 0.351 e. The Morgan fingerprint density at radius 3 is 2.82 bits per heavy atom. The van der Waals surface area contributed by atoms with Crippen LogP contribution in [0.3, 0.4) is 0 Å². The van der Waals surface area contributed by atoms with Gasteiger partial charge in [0.1, 0.15) is 5.71 Å². The van der Waals surface area contributed by atoms with E-state index in [1.165, 1.54) is 29.7 Å². The van der Waals surface area contributed by atoms with E-state index >= 15 is 0 Å². The lowest BCUT2D eigenvalue weighted by Gasteiger charge is -2.60. The van der Waals surface area contributed by atoms with Crippen molar-refractivity contribution in [3.05, 3.63) is 48.5 Å². The van der Waals surface area contributed by atoms with Crippen LogP contribution in [0.4, 0.5) is 5.69 Å². The Morgan fingerprint density at radius 1 is 1.26 bits per heavy atom. The van der Waals surface area contributed by atoms with Gasteiger partial charge in [0.2, 0.25) is 0 Å². The number of carbonyl (C=O) groups excluding carboxylic acids is 1. The average molecular weight is 581 g/mol. The molecule has 2 bridgehead atoms. The van der Waals surface area contributed by atoms with Gasteiger partial charge in [-0.15, -0.1) is 11.3 Å². The van der Waals surface area contributed by atoms with Crippen LogP contribution in [0.2, 0.25) is 10.0 Å². The predicted octanol–water partition coefficient (Wildman–Crippen LogP) is 7.49. The molecule has 5 aliphatic rings. The van der Waals surface area contributed by atoms with Crippen molar-refractivity contribution in [3.8, 4) is 0 Å². The van der Waals surface area contributed by atoms with E-state index in [4.69, 9.17) is 28.3 Å². The first-order chi connectivity index (χ1) is 16.2. The second-order valence-corrected chi connectivity index (χ2v) is 14.2. The Morgan fingerprint density at radius 2 is 2.09 bits per heavy atom. The number of nitrogens with one attached hydrogen (secondary N) is 1. The monoisotopic (exact) mass is 579 g/mol. The molecule has 34 heavy (non-hydrogen) atoms. The Kier molecular flexibility index (Phi) is 5.83. The minimum Gasteiger partial charge on any atom is -0.351 e. The first-order valence-corrected chi connectivity index (χ1v) is 14.5. The summed E-state index contributed by atoms with van der Waals surface area (Å²) in [4.78, 5) is 14.9. The van der Waals surface area contributed by atoms with E-state index in [0.29, 0.717) is 27.1 Å². The van der Waals surface area contributed by atoms with Gasteiger partial charge in [0, 0.05) is 22.4 Å². The van der Waals surface area contributed by atoms with E-state index in [-0.39, 0.29) is 17.9 Å². The van der Waals surface area contributed by atoms with Crippen molar-refractivity contribution >= 4 is 67.8 Å². The minimum atomic E-state index is -0.0354. The number of hydrogen-bond donors (Lipinski definition) is 1. The van der Waals surface area contributed by atoms with E-state index in [2.05, 4.69) is 41.2 Å². The van der Waals surface area contributed by atoms with Crippen molar-refractivity contribution in [2.24, 2.45) is 34.2 Å². The summed E-state index contributed by atoms with van der Waals surface area (Å²) in [6, 6.07) is 7.62. The van der Waals surface area contributed by atoms with Gasteiger partial charge in [0.15, 0.2) is 0 Å². The lowest BCUT2D eigenvalue weighted by Crippen LogP contribution is -2.55. The fourth-order valence-corrected chi connectivity index (χ4v) is 9.23. The van der Waals surface area contributed by atoms with Crippen LogP contribution in [0.15, 0.2) is 33.2 Å². The summed E-state index contributed by atoms with van der Waals surface area (Å²) < 4.78 is 1.11. The summed E-state index contributed by atoms with van der Waals surface area (Å²) in [5, 5.41) is 11.3. The molecule has 7 rings (SSSR count). The number of nitrogens with zero attached hydrogens (tertiary/aromatic N) is 2. The molecule has 4 aliphatic carbocycles. The van der Waals surface area contributed by atoms with Crippen molar-refractivity contribution in [2.45, 2.75) is 52.0 Å². The summed E-state index contributed by atoms with van der Waals surface area (Å²) in [5.74, 6) is 2.16. The third kappa shape index (κ3) is 3.66. The van der Waals surface area contributed by atoms with E-state index < -0.39 is 0 Å². The molecule has 1 aromatic heterocycles. The fraction of sp³-hybridized carbons (Fsp3) is 0.538. The van der Waals surface area contributed by atoms with Gasteiger partial charge in [0.25, 0.3) is 5.91 Å². The summed E-state index contributed by atoms with van der Waals surface area (Å²) in [7, 11) is 0. The predicted molar refractivity (Wildman–Crippen MR) is 144 cm³/mol. The molecule has 1 amide bonds. The molecule has 5 unspecified atom stereocenters. The van der Waals surface area contributed by atoms with Crippen LogP contribution < -0.4 is 10.3 Å². The number of fused-ring (bicyclic) bond motifs is 5. The van der Waals surface area contributed by atoms with E-state index in [1.807, 2.05) is 17.1 Å². The Hall–Kier alpha value is -1.08. The van der Waals surface area contributed by atoms with Crippen molar-refractivity contribution in [1.29, 1.82) is 0 Å². The average Bonchev–Trinajstić information content (AvgIpc) is 3.37. The first kappa shape index (κ1) is 23.3. The molecule has 1 aromatic carbocycles. The zero-order valence-electron chi connectivity index (χ0n) is 19.3. The standard InChI is InChI=1S/C26H28BrCl2N3OS/c1-26(2)14-4-3-13(18(26)9-14)12-30-25(33)23-16-6-8-21-17(11-22(27)34-21)24(16)32(31-23)20-7-5-15(28)10-19(20)29/h5,7,10-11,13-14,16,18,24H,3-4,6,8-9,12H2,1-2H3,(H,30,33). The number of thiophene rings is 1. The Bertz CT molecular complexity index is 1190. The topological polar surface area (TPSA) is 44.7 Å². The van der Waals surface area contributed by atoms with Gasteiger partial charge >= 0.3 is 0 Å². The second-order valence-electron chi connectivity index (χ2n) is 10.9. The van der Waals surface area contributed by atoms with Crippen molar-refractivity contribution in [3.63, 3.8) is 0 Å². The molecule has 3 fully saturated rings. The highest BCUT2D eigenvalue weighted by Crippen LogP contribution is 2.61. The molecule has 2 heterocycles. The maximum absolute atomic E-state index is 13.5. The first-order valence-electron chi connectivity index (χ1n) is 12.1.